The van der Waals surface area contributed by atoms with Crippen molar-refractivity contribution in [1.29, 1.82) is 0 Å². The van der Waals surface area contributed by atoms with Gasteiger partial charge in [-0.25, -0.2) is 0 Å². The molecule has 8 N–H and O–H groups in total. The van der Waals surface area contributed by atoms with Crippen LogP contribution in [0.25, 0.3) is 0 Å². The third-order valence-corrected chi connectivity index (χ3v) is 0.287. The Bertz CT molecular complexity index is 96.7. The van der Waals surface area contributed by atoms with Gasteiger partial charge in [-0.2, -0.15) is 0 Å². The maximum absolute atomic E-state index is 9.81. The Labute approximate surface area is 98.4 Å². The van der Waals surface area contributed by atoms with Crippen LogP contribution in [-0.4, -0.2) is 33.8 Å². The van der Waals surface area contributed by atoms with Gasteiger partial charge >= 0.3 is 11.9 Å². The van der Waals surface area contributed by atoms with Crippen LogP contribution in [0.15, 0.2) is 0 Å². The Balaban J connectivity index is -0.0000000120. The Morgan fingerprint density at radius 1 is 0.846 bits per heavy atom. The Morgan fingerprint density at radius 2 is 1.00 bits per heavy atom. The normalized spacial score (nSPS) is 4.15. The fourth-order valence-corrected chi connectivity index (χ4v) is 0.202. The first kappa shape index (κ1) is 51.5. The van der Waals surface area contributed by atoms with E-state index >= 15 is 0 Å². The molecule has 0 atom stereocenters. The van der Waals surface area contributed by atoms with E-state index in [1.165, 1.54) is 13.8 Å². The number of carbonyl (C=O) groups is 2. The molecule has 1 radical (unpaired) electrons. The van der Waals surface area contributed by atoms with Gasteiger partial charge < -0.3 is 26.6 Å². The Hall–Kier alpha value is 0.110. The molecule has 7 nitrogen and oxygen atoms in total. The van der Waals surface area contributed by atoms with Crippen molar-refractivity contribution in [1.82, 2.24) is 0 Å². The van der Waals surface area contributed by atoms with Gasteiger partial charge in [0, 0.05) is 50.1 Å². The fraction of sp³-hybridized carbons (Fsp3) is 0.500. The van der Waals surface area contributed by atoms with E-state index in [2.05, 4.69) is 4.74 Å². The summed E-state index contributed by atoms with van der Waals surface area (Å²) in [4.78, 5) is 19.6. The summed E-state index contributed by atoms with van der Waals surface area (Å²) in [5.74, 6) is -1.12. The summed E-state index contributed by atoms with van der Waals surface area (Å²) in [6.45, 7) is 2.36. The second-order valence-corrected chi connectivity index (χ2v) is 1.09. The first-order valence-corrected chi connectivity index (χ1v) is 1.82. The van der Waals surface area contributed by atoms with Crippen LogP contribution in [0.1, 0.15) is 13.8 Å². The second-order valence-electron chi connectivity index (χ2n) is 1.09. The molecule has 0 aromatic heterocycles. The van der Waals surface area contributed by atoms with Crippen LogP contribution in [0, 0.1) is 0 Å². The molecule has 0 fully saturated rings. The maximum Gasteiger partial charge on any atom is 0.310 e. The van der Waals surface area contributed by atoms with Gasteiger partial charge in [-0.3, -0.25) is 9.59 Å². The van der Waals surface area contributed by atoms with E-state index in [-0.39, 0.29) is 58.2 Å². The van der Waals surface area contributed by atoms with Crippen LogP contribution >= 0.6 is 0 Å². The van der Waals surface area contributed by atoms with Gasteiger partial charge in [0.05, 0.1) is 0 Å². The molecule has 0 aromatic rings. The van der Waals surface area contributed by atoms with Crippen LogP contribution in [0.3, 0.4) is 0 Å². The minimum atomic E-state index is -0.562. The van der Waals surface area contributed by atoms with Crippen molar-refractivity contribution in [3.8, 4) is 0 Å². The number of hydrogen-bond acceptors (Lipinski definition) is 3. The molecule has 0 saturated heterocycles. The number of ether oxygens (including phenoxy) is 1. The minimum Gasteiger partial charge on any atom is -0.412 e. The van der Waals surface area contributed by atoms with E-state index in [9.17, 15) is 9.59 Å². The van der Waals surface area contributed by atoms with Gasteiger partial charge in [-0.05, 0) is 0 Å². The van der Waals surface area contributed by atoms with Crippen molar-refractivity contribution < 1.29 is 72.5 Å². The fourth-order valence-electron chi connectivity index (χ4n) is 0.202. The predicted molar refractivity (Wildman–Crippen MR) is 36.9 cm³/mol. The monoisotopic (exact) mass is 297 g/mol. The zero-order valence-corrected chi connectivity index (χ0v) is 11.3. The first-order chi connectivity index (χ1) is 3.13. The summed E-state index contributed by atoms with van der Waals surface area (Å²) in [5.41, 5.74) is 0. The van der Waals surface area contributed by atoms with E-state index in [1.807, 2.05) is 0 Å². The van der Waals surface area contributed by atoms with Gasteiger partial charge in [0.1, 0.15) is 0 Å². The van der Waals surface area contributed by atoms with Crippen molar-refractivity contribution in [2.75, 3.05) is 0 Å². The summed E-state index contributed by atoms with van der Waals surface area (Å²) in [5, 5.41) is 0. The van der Waals surface area contributed by atoms with Crippen molar-refractivity contribution in [2.45, 2.75) is 13.8 Å². The molecule has 83 valence electrons. The molecule has 0 bridgehead atoms. The second kappa shape index (κ2) is 29.6. The van der Waals surface area contributed by atoms with Crippen molar-refractivity contribution in [2.24, 2.45) is 0 Å². The zero-order chi connectivity index (χ0) is 5.86. The average molecular weight is 298 g/mol. The van der Waals surface area contributed by atoms with Gasteiger partial charge in [0.15, 0.2) is 0 Å². The summed E-state index contributed by atoms with van der Waals surface area (Å²) >= 11 is 0. The van der Waals surface area contributed by atoms with Crippen LogP contribution in [0.5, 0.6) is 0 Å². The quantitative estimate of drug-likeness (QED) is 0.261. The van der Waals surface area contributed by atoms with E-state index in [4.69, 9.17) is 0 Å². The molecule has 0 saturated carbocycles. The van der Waals surface area contributed by atoms with Gasteiger partial charge in [0.25, 0.3) is 0 Å². The Kier molecular flexibility index (Phi) is 117. The number of hydrogen-bond donors (Lipinski definition) is 0. The van der Waals surface area contributed by atoms with E-state index < -0.39 is 11.9 Å². The average Bonchev–Trinajstić information content (AvgIpc) is 1.27. The molecule has 0 aliphatic heterocycles. The van der Waals surface area contributed by atoms with Crippen molar-refractivity contribution in [3.63, 3.8) is 0 Å². The molecule has 9 heteroatoms. The van der Waals surface area contributed by atoms with Crippen LogP contribution < -0.4 is 0 Å². The van der Waals surface area contributed by atoms with E-state index in [0.29, 0.717) is 0 Å². The number of rotatable bonds is 0. The van der Waals surface area contributed by atoms with Crippen LogP contribution in [-0.2, 0) is 50.6 Å². The smallest absolute Gasteiger partial charge is 0.310 e. The molecule has 0 heterocycles. The van der Waals surface area contributed by atoms with E-state index in [0.717, 1.165) is 0 Å². The van der Waals surface area contributed by atoms with Crippen molar-refractivity contribution in [3.05, 3.63) is 0 Å². The molecule has 0 aromatic carbocycles. The molecular weight excluding hydrogens is 284 g/mol. The number of carbonyl (C=O) groups excluding carboxylic acids is 2. The van der Waals surface area contributed by atoms with Crippen LogP contribution in [0.4, 0.5) is 0 Å². The summed E-state index contributed by atoms with van der Waals surface area (Å²) in [7, 11) is 0. The molecule has 0 spiro atoms. The van der Waals surface area contributed by atoms with Gasteiger partial charge in [0.2, 0.25) is 0 Å². The predicted octanol–water partition coefficient (Wildman–Crippen LogP) is -3.21. The van der Waals surface area contributed by atoms with Gasteiger partial charge in [-0.1, -0.05) is 0 Å². The SMILES string of the molecule is CC(=O)OC(C)=O.O.O.O.O.[Co].[Zn]. The third kappa shape index (κ3) is 73.3. The summed E-state index contributed by atoms with van der Waals surface area (Å²) in [6.07, 6.45) is 0. The number of esters is 2. The standard InChI is InChI=1S/C4H6O3.Co.4H2O.Zn/c1-3(5)7-4(2)6;;;;;;/h1-2H3;;4*1H2;. The Morgan fingerprint density at radius 3 is 1.00 bits per heavy atom. The molecule has 0 aliphatic carbocycles. The molecule has 0 rings (SSSR count). The topological polar surface area (TPSA) is 169 Å². The summed E-state index contributed by atoms with van der Waals surface area (Å²) in [6, 6.07) is 0. The third-order valence-electron chi connectivity index (χ3n) is 0.287. The van der Waals surface area contributed by atoms with Crippen molar-refractivity contribution >= 4 is 11.9 Å². The molecule has 0 unspecified atom stereocenters. The molecular formula is C4H14CoO7Zn. The molecule has 0 aliphatic rings. The molecule has 0 amide bonds. The maximum atomic E-state index is 9.81. The largest absolute Gasteiger partial charge is 0.412 e. The summed E-state index contributed by atoms with van der Waals surface area (Å²) < 4.78 is 3.97. The van der Waals surface area contributed by atoms with E-state index in [1.54, 1.807) is 0 Å². The zero-order valence-electron chi connectivity index (χ0n) is 7.27. The minimum absolute atomic E-state index is 0. The van der Waals surface area contributed by atoms with Crippen LogP contribution in [0.2, 0.25) is 0 Å². The molecule has 13 heavy (non-hydrogen) atoms. The first-order valence-electron chi connectivity index (χ1n) is 1.82. The van der Waals surface area contributed by atoms with Gasteiger partial charge in [-0.15, -0.1) is 0 Å².